The molecule has 1 aliphatic rings. The highest BCUT2D eigenvalue weighted by Gasteiger charge is 2.21. The van der Waals surface area contributed by atoms with Gasteiger partial charge < -0.3 is 15.8 Å². The molecule has 0 heterocycles. The summed E-state index contributed by atoms with van der Waals surface area (Å²) in [6.07, 6.45) is 3.50. The molecule has 1 saturated carbocycles. The summed E-state index contributed by atoms with van der Waals surface area (Å²) in [5.74, 6) is 0.937. The highest BCUT2D eigenvalue weighted by Crippen LogP contribution is 2.28. The topological polar surface area (TPSA) is 64.4 Å². The van der Waals surface area contributed by atoms with E-state index in [1.807, 2.05) is 13.8 Å². The van der Waals surface area contributed by atoms with Crippen LogP contribution in [0.4, 0.5) is 0 Å². The maximum absolute atomic E-state index is 11.5. The third-order valence-corrected chi connectivity index (χ3v) is 2.84. The Morgan fingerprint density at radius 3 is 2.75 bits per heavy atom. The van der Waals surface area contributed by atoms with Crippen LogP contribution in [0.15, 0.2) is 0 Å². The fourth-order valence-corrected chi connectivity index (χ4v) is 1.34. The molecular formula is C12H24N2O2. The van der Waals surface area contributed by atoms with Gasteiger partial charge in [0.15, 0.2) is 0 Å². The number of hydrogen-bond acceptors (Lipinski definition) is 3. The summed E-state index contributed by atoms with van der Waals surface area (Å²) in [5, 5.41) is 2.82. The zero-order chi connectivity index (χ0) is 12.0. The minimum Gasteiger partial charge on any atom is -0.381 e. The average molecular weight is 228 g/mol. The fourth-order valence-electron chi connectivity index (χ4n) is 1.34. The van der Waals surface area contributed by atoms with Crippen molar-refractivity contribution in [3.8, 4) is 0 Å². The molecule has 94 valence electrons. The van der Waals surface area contributed by atoms with Crippen molar-refractivity contribution in [1.29, 1.82) is 0 Å². The summed E-state index contributed by atoms with van der Waals surface area (Å²) in [5.41, 5.74) is 5.71. The van der Waals surface area contributed by atoms with Gasteiger partial charge in [0.25, 0.3) is 0 Å². The van der Waals surface area contributed by atoms with Gasteiger partial charge in [-0.2, -0.15) is 0 Å². The summed E-state index contributed by atoms with van der Waals surface area (Å²) in [7, 11) is 0. The lowest BCUT2D eigenvalue weighted by molar-refractivity contribution is -0.123. The van der Waals surface area contributed by atoms with Gasteiger partial charge in [-0.15, -0.1) is 0 Å². The minimum absolute atomic E-state index is 0.0582. The van der Waals surface area contributed by atoms with Crippen molar-refractivity contribution in [3.63, 3.8) is 0 Å². The Morgan fingerprint density at radius 1 is 1.50 bits per heavy atom. The van der Waals surface area contributed by atoms with E-state index in [2.05, 4.69) is 5.32 Å². The van der Waals surface area contributed by atoms with Gasteiger partial charge in [-0.25, -0.2) is 0 Å². The van der Waals surface area contributed by atoms with Crippen LogP contribution < -0.4 is 11.1 Å². The van der Waals surface area contributed by atoms with Crippen molar-refractivity contribution in [2.45, 2.75) is 39.2 Å². The van der Waals surface area contributed by atoms with Crippen LogP contribution in [-0.2, 0) is 9.53 Å². The SMILES string of the molecule is CC(C)[C@@H](N)C(=O)NCCCOCC1CC1. The standard InChI is InChI=1S/C12H24N2O2/c1-9(2)11(13)12(15)14-6-3-7-16-8-10-4-5-10/h9-11H,3-8,13H2,1-2H3,(H,14,15)/t11-/m1/s1. The first-order valence-electron chi connectivity index (χ1n) is 6.22. The van der Waals surface area contributed by atoms with Gasteiger partial charge in [0.05, 0.1) is 6.04 Å². The van der Waals surface area contributed by atoms with Crippen molar-refractivity contribution in [2.75, 3.05) is 19.8 Å². The molecule has 0 aromatic heterocycles. The van der Waals surface area contributed by atoms with E-state index in [-0.39, 0.29) is 11.8 Å². The van der Waals surface area contributed by atoms with Crippen molar-refractivity contribution in [2.24, 2.45) is 17.6 Å². The quantitative estimate of drug-likeness (QED) is 0.607. The summed E-state index contributed by atoms with van der Waals surface area (Å²) in [4.78, 5) is 11.5. The maximum atomic E-state index is 11.5. The van der Waals surface area contributed by atoms with Crippen molar-refractivity contribution >= 4 is 5.91 Å². The second-order valence-electron chi connectivity index (χ2n) is 4.93. The number of hydrogen-bond donors (Lipinski definition) is 2. The Morgan fingerprint density at radius 2 is 2.19 bits per heavy atom. The van der Waals surface area contributed by atoms with E-state index in [9.17, 15) is 4.79 Å². The molecule has 4 heteroatoms. The molecular weight excluding hydrogens is 204 g/mol. The van der Waals surface area contributed by atoms with Crippen LogP contribution in [0.2, 0.25) is 0 Å². The van der Waals surface area contributed by atoms with Gasteiger partial charge in [-0.1, -0.05) is 13.8 Å². The highest BCUT2D eigenvalue weighted by molar-refractivity contribution is 5.81. The van der Waals surface area contributed by atoms with Crippen LogP contribution >= 0.6 is 0 Å². The Bertz CT molecular complexity index is 215. The minimum atomic E-state index is -0.396. The molecule has 3 N–H and O–H groups in total. The van der Waals surface area contributed by atoms with E-state index in [1.54, 1.807) is 0 Å². The molecule has 16 heavy (non-hydrogen) atoms. The van der Waals surface area contributed by atoms with Gasteiger partial charge in [0, 0.05) is 19.8 Å². The first kappa shape index (κ1) is 13.5. The first-order chi connectivity index (χ1) is 7.61. The van der Waals surface area contributed by atoms with Gasteiger partial charge in [-0.3, -0.25) is 4.79 Å². The predicted octanol–water partition coefficient (Wildman–Crippen LogP) is 0.903. The number of nitrogens with one attached hydrogen (secondary N) is 1. The molecule has 1 rings (SSSR count). The average Bonchev–Trinajstić information content (AvgIpc) is 3.05. The molecule has 1 atom stereocenters. The van der Waals surface area contributed by atoms with Crippen molar-refractivity contribution in [1.82, 2.24) is 5.32 Å². The van der Waals surface area contributed by atoms with E-state index in [0.29, 0.717) is 6.54 Å². The van der Waals surface area contributed by atoms with E-state index >= 15 is 0 Å². The molecule has 1 aliphatic carbocycles. The van der Waals surface area contributed by atoms with Gasteiger partial charge in [0.2, 0.25) is 5.91 Å². The number of carbonyl (C=O) groups excluding carboxylic acids is 1. The van der Waals surface area contributed by atoms with E-state index < -0.39 is 6.04 Å². The molecule has 1 amide bonds. The molecule has 0 radical (unpaired) electrons. The molecule has 1 fully saturated rings. The third kappa shape index (κ3) is 5.47. The monoisotopic (exact) mass is 228 g/mol. The molecule has 0 saturated heterocycles. The van der Waals surface area contributed by atoms with E-state index in [0.717, 1.165) is 25.6 Å². The normalized spacial score (nSPS) is 17.5. The Balaban J connectivity index is 1.90. The zero-order valence-electron chi connectivity index (χ0n) is 10.4. The maximum Gasteiger partial charge on any atom is 0.237 e. The molecule has 4 nitrogen and oxygen atoms in total. The third-order valence-electron chi connectivity index (χ3n) is 2.84. The van der Waals surface area contributed by atoms with Crippen LogP contribution in [0.25, 0.3) is 0 Å². The lowest BCUT2D eigenvalue weighted by Crippen LogP contribution is -2.44. The van der Waals surface area contributed by atoms with Crippen molar-refractivity contribution < 1.29 is 9.53 Å². The number of amides is 1. The summed E-state index contributed by atoms with van der Waals surface area (Å²) in [6.45, 7) is 6.17. The summed E-state index contributed by atoms with van der Waals surface area (Å²) < 4.78 is 5.46. The van der Waals surface area contributed by atoms with Gasteiger partial charge >= 0.3 is 0 Å². The number of rotatable bonds is 8. The second kappa shape index (κ2) is 6.86. The van der Waals surface area contributed by atoms with Gasteiger partial charge in [-0.05, 0) is 31.1 Å². The Hall–Kier alpha value is -0.610. The van der Waals surface area contributed by atoms with Crippen LogP contribution in [0.3, 0.4) is 0 Å². The molecule has 0 aromatic rings. The molecule has 0 spiro atoms. The Labute approximate surface area is 97.9 Å². The van der Waals surface area contributed by atoms with E-state index in [1.165, 1.54) is 12.8 Å². The molecule has 0 aromatic carbocycles. The highest BCUT2D eigenvalue weighted by atomic mass is 16.5. The van der Waals surface area contributed by atoms with Crippen LogP contribution in [0.5, 0.6) is 0 Å². The molecule has 0 aliphatic heterocycles. The van der Waals surface area contributed by atoms with Crippen LogP contribution in [-0.4, -0.2) is 31.7 Å². The van der Waals surface area contributed by atoms with E-state index in [4.69, 9.17) is 10.5 Å². The molecule has 0 bridgehead atoms. The smallest absolute Gasteiger partial charge is 0.237 e. The molecule has 0 unspecified atom stereocenters. The number of carbonyl (C=O) groups is 1. The van der Waals surface area contributed by atoms with Crippen LogP contribution in [0, 0.1) is 11.8 Å². The fraction of sp³-hybridized carbons (Fsp3) is 0.917. The summed E-state index contributed by atoms with van der Waals surface area (Å²) >= 11 is 0. The van der Waals surface area contributed by atoms with Gasteiger partial charge in [0.1, 0.15) is 0 Å². The summed E-state index contributed by atoms with van der Waals surface area (Å²) in [6, 6.07) is -0.396. The second-order valence-corrected chi connectivity index (χ2v) is 4.93. The predicted molar refractivity (Wildman–Crippen MR) is 64.0 cm³/mol. The Kier molecular flexibility index (Phi) is 5.77. The zero-order valence-corrected chi connectivity index (χ0v) is 10.4. The largest absolute Gasteiger partial charge is 0.381 e. The van der Waals surface area contributed by atoms with Crippen LogP contribution in [0.1, 0.15) is 33.1 Å². The lowest BCUT2D eigenvalue weighted by Gasteiger charge is -2.15. The van der Waals surface area contributed by atoms with Crippen molar-refractivity contribution in [3.05, 3.63) is 0 Å². The number of ether oxygens (including phenoxy) is 1. The first-order valence-corrected chi connectivity index (χ1v) is 6.22. The number of nitrogens with two attached hydrogens (primary N) is 1. The lowest BCUT2D eigenvalue weighted by atomic mass is 10.1.